The normalized spacial score (nSPS) is 17.4. The smallest absolute Gasteiger partial charge is 0.314 e. The first-order valence-corrected chi connectivity index (χ1v) is 6.72. The number of methoxy groups -OCH3 is 1. The number of ether oxygens (including phenoxy) is 1. The maximum absolute atomic E-state index is 13.8. The molecule has 4 nitrogen and oxygen atoms in total. The molecule has 1 fully saturated rings. The molecule has 104 valence electrons. The molecule has 0 amide bonds. The monoisotopic (exact) mass is 332 g/mol. The van der Waals surface area contributed by atoms with Gasteiger partial charge in [0.1, 0.15) is 0 Å². The maximum atomic E-state index is 13.8. The second-order valence-corrected chi connectivity index (χ2v) is 5.55. The van der Waals surface area contributed by atoms with E-state index in [9.17, 15) is 19.4 Å². The SMILES string of the molecule is COc1c(O)c(C2(C(=O)O)CCCC2)cc(Br)c1F. The van der Waals surface area contributed by atoms with Crippen molar-refractivity contribution in [1.82, 2.24) is 0 Å². The van der Waals surface area contributed by atoms with Crippen LogP contribution in [0.25, 0.3) is 0 Å². The number of aromatic hydroxyl groups is 1. The quantitative estimate of drug-likeness (QED) is 0.891. The van der Waals surface area contributed by atoms with Gasteiger partial charge in [-0.05, 0) is 34.8 Å². The summed E-state index contributed by atoms with van der Waals surface area (Å²) in [6.07, 6.45) is 2.39. The second kappa shape index (κ2) is 5.00. The molecule has 0 aromatic heterocycles. The fourth-order valence-electron chi connectivity index (χ4n) is 2.72. The molecule has 0 aliphatic heterocycles. The number of aliphatic carboxylic acids is 1. The van der Waals surface area contributed by atoms with Crippen LogP contribution < -0.4 is 4.74 Å². The number of hydrogen-bond acceptors (Lipinski definition) is 3. The van der Waals surface area contributed by atoms with E-state index in [1.807, 2.05) is 0 Å². The minimum Gasteiger partial charge on any atom is -0.504 e. The Labute approximate surface area is 118 Å². The predicted octanol–water partition coefficient (Wildman–Crippen LogP) is 3.20. The molecule has 1 aromatic carbocycles. The highest BCUT2D eigenvalue weighted by atomic mass is 79.9. The number of phenols is 1. The molecule has 0 radical (unpaired) electrons. The molecule has 19 heavy (non-hydrogen) atoms. The molecule has 2 rings (SSSR count). The average Bonchev–Trinajstić information content (AvgIpc) is 2.85. The molecule has 0 atom stereocenters. The number of rotatable bonds is 3. The first-order valence-electron chi connectivity index (χ1n) is 5.93. The summed E-state index contributed by atoms with van der Waals surface area (Å²) in [6.45, 7) is 0. The Balaban J connectivity index is 2.68. The van der Waals surface area contributed by atoms with Gasteiger partial charge in [-0.3, -0.25) is 4.79 Å². The lowest BCUT2D eigenvalue weighted by molar-refractivity contribution is -0.143. The van der Waals surface area contributed by atoms with Crippen molar-refractivity contribution in [2.45, 2.75) is 31.1 Å². The van der Waals surface area contributed by atoms with E-state index in [4.69, 9.17) is 4.74 Å². The second-order valence-electron chi connectivity index (χ2n) is 4.70. The Bertz CT molecular complexity index is 524. The van der Waals surface area contributed by atoms with Crippen LogP contribution in [0, 0.1) is 5.82 Å². The van der Waals surface area contributed by atoms with Gasteiger partial charge in [-0.15, -0.1) is 0 Å². The van der Waals surface area contributed by atoms with Crippen molar-refractivity contribution < 1.29 is 24.1 Å². The van der Waals surface area contributed by atoms with Gasteiger partial charge in [0, 0.05) is 5.56 Å². The van der Waals surface area contributed by atoms with Gasteiger partial charge in [0.15, 0.2) is 17.3 Å². The van der Waals surface area contributed by atoms with E-state index < -0.39 is 23.0 Å². The first-order chi connectivity index (χ1) is 8.94. The number of carbonyl (C=O) groups is 1. The van der Waals surface area contributed by atoms with Crippen molar-refractivity contribution in [2.75, 3.05) is 7.11 Å². The predicted molar refractivity (Wildman–Crippen MR) is 70.1 cm³/mol. The van der Waals surface area contributed by atoms with Crippen molar-refractivity contribution in [3.63, 3.8) is 0 Å². The highest BCUT2D eigenvalue weighted by Crippen LogP contribution is 2.49. The Morgan fingerprint density at radius 1 is 1.47 bits per heavy atom. The van der Waals surface area contributed by atoms with Gasteiger partial charge in [-0.2, -0.15) is 0 Å². The molecule has 0 heterocycles. The van der Waals surface area contributed by atoms with E-state index in [1.165, 1.54) is 13.2 Å². The fraction of sp³-hybridized carbons (Fsp3) is 0.462. The summed E-state index contributed by atoms with van der Waals surface area (Å²) < 4.78 is 18.7. The largest absolute Gasteiger partial charge is 0.504 e. The van der Waals surface area contributed by atoms with Crippen LogP contribution >= 0.6 is 15.9 Å². The summed E-state index contributed by atoms with van der Waals surface area (Å²) in [7, 11) is 1.23. The average molecular weight is 333 g/mol. The Morgan fingerprint density at radius 3 is 2.53 bits per heavy atom. The van der Waals surface area contributed by atoms with Crippen molar-refractivity contribution in [2.24, 2.45) is 0 Å². The lowest BCUT2D eigenvalue weighted by Gasteiger charge is -2.26. The fourth-order valence-corrected chi connectivity index (χ4v) is 3.13. The van der Waals surface area contributed by atoms with Crippen LogP contribution in [-0.4, -0.2) is 23.3 Å². The van der Waals surface area contributed by atoms with Crippen LogP contribution in [0.2, 0.25) is 0 Å². The van der Waals surface area contributed by atoms with Crippen LogP contribution in [0.3, 0.4) is 0 Å². The number of benzene rings is 1. The van der Waals surface area contributed by atoms with E-state index >= 15 is 0 Å². The molecular weight excluding hydrogens is 319 g/mol. The van der Waals surface area contributed by atoms with Crippen LogP contribution in [-0.2, 0) is 10.2 Å². The minimum absolute atomic E-state index is 0.0877. The molecule has 1 aliphatic carbocycles. The minimum atomic E-state index is -1.16. The molecule has 1 aromatic rings. The summed E-state index contributed by atoms with van der Waals surface area (Å²) in [5.41, 5.74) is -0.948. The summed E-state index contributed by atoms with van der Waals surface area (Å²) >= 11 is 3.03. The number of carboxylic acid groups (broad SMARTS) is 1. The van der Waals surface area contributed by atoms with E-state index in [1.54, 1.807) is 0 Å². The van der Waals surface area contributed by atoms with Gasteiger partial charge in [-0.25, -0.2) is 4.39 Å². The molecule has 1 saturated carbocycles. The van der Waals surface area contributed by atoms with Gasteiger partial charge < -0.3 is 14.9 Å². The third-order valence-electron chi connectivity index (χ3n) is 3.74. The molecule has 0 spiro atoms. The highest BCUT2D eigenvalue weighted by Gasteiger charge is 2.45. The summed E-state index contributed by atoms with van der Waals surface area (Å²) in [6, 6.07) is 1.34. The highest BCUT2D eigenvalue weighted by molar-refractivity contribution is 9.10. The maximum Gasteiger partial charge on any atom is 0.314 e. The van der Waals surface area contributed by atoms with Crippen molar-refractivity contribution in [3.8, 4) is 11.5 Å². The van der Waals surface area contributed by atoms with Crippen molar-refractivity contribution in [3.05, 3.63) is 21.9 Å². The molecule has 1 aliphatic rings. The summed E-state index contributed by atoms with van der Waals surface area (Å²) in [4.78, 5) is 11.6. The number of carboxylic acids is 1. The molecule has 0 bridgehead atoms. The van der Waals surface area contributed by atoms with Gasteiger partial charge in [0.05, 0.1) is 17.0 Å². The number of halogens is 2. The molecular formula is C13H14BrFO4. The van der Waals surface area contributed by atoms with E-state index in [2.05, 4.69) is 15.9 Å². The van der Waals surface area contributed by atoms with E-state index in [0.717, 1.165) is 12.8 Å². The summed E-state index contributed by atoms with van der Waals surface area (Å²) in [5.74, 6) is -2.48. The number of hydrogen-bond donors (Lipinski definition) is 2. The van der Waals surface area contributed by atoms with Crippen LogP contribution in [0.15, 0.2) is 10.5 Å². The van der Waals surface area contributed by atoms with E-state index in [0.29, 0.717) is 12.8 Å². The van der Waals surface area contributed by atoms with Crippen LogP contribution in [0.5, 0.6) is 11.5 Å². The summed E-state index contributed by atoms with van der Waals surface area (Å²) in [5, 5.41) is 19.6. The molecule has 0 saturated heterocycles. The topological polar surface area (TPSA) is 66.8 Å². The zero-order valence-corrected chi connectivity index (χ0v) is 12.0. The third-order valence-corrected chi connectivity index (χ3v) is 4.31. The van der Waals surface area contributed by atoms with Gasteiger partial charge >= 0.3 is 5.97 Å². The molecule has 2 N–H and O–H groups in total. The Hall–Kier alpha value is -1.30. The van der Waals surface area contributed by atoms with Crippen LogP contribution in [0.4, 0.5) is 4.39 Å². The molecule has 6 heteroatoms. The van der Waals surface area contributed by atoms with Gasteiger partial charge in [0.25, 0.3) is 0 Å². The van der Waals surface area contributed by atoms with Gasteiger partial charge in [0.2, 0.25) is 0 Å². The Morgan fingerprint density at radius 2 is 2.05 bits per heavy atom. The third kappa shape index (κ3) is 2.08. The first kappa shape index (κ1) is 14.1. The zero-order valence-electron chi connectivity index (χ0n) is 10.4. The van der Waals surface area contributed by atoms with Crippen molar-refractivity contribution in [1.29, 1.82) is 0 Å². The standard InChI is InChI=1S/C13H14BrFO4/c1-19-11-9(15)8(14)6-7(10(11)16)13(12(17)18)4-2-3-5-13/h6,16H,2-5H2,1H3,(H,17,18). The van der Waals surface area contributed by atoms with Crippen molar-refractivity contribution >= 4 is 21.9 Å². The number of phenolic OH excluding ortho intramolecular Hbond substituents is 1. The van der Waals surface area contributed by atoms with Crippen LogP contribution in [0.1, 0.15) is 31.2 Å². The molecule has 0 unspecified atom stereocenters. The Kier molecular flexibility index (Phi) is 3.71. The van der Waals surface area contributed by atoms with E-state index in [-0.39, 0.29) is 15.8 Å². The lowest BCUT2D eigenvalue weighted by Crippen LogP contribution is -2.32. The lowest BCUT2D eigenvalue weighted by atomic mass is 9.78. The zero-order chi connectivity index (χ0) is 14.2. The van der Waals surface area contributed by atoms with Gasteiger partial charge in [-0.1, -0.05) is 12.8 Å².